The summed E-state index contributed by atoms with van der Waals surface area (Å²) in [6.45, 7) is 8.62. The minimum atomic E-state index is -1.34. The first-order valence-electron chi connectivity index (χ1n) is 13.0. The summed E-state index contributed by atoms with van der Waals surface area (Å²) in [6.07, 6.45) is 0.0174. The van der Waals surface area contributed by atoms with Gasteiger partial charge in [-0.15, -0.1) is 11.8 Å². The van der Waals surface area contributed by atoms with Crippen LogP contribution in [0.3, 0.4) is 0 Å². The lowest BCUT2D eigenvalue weighted by molar-refractivity contribution is -0.151. The molecule has 2 aliphatic rings. The fourth-order valence-electron chi connectivity index (χ4n) is 3.92. The van der Waals surface area contributed by atoms with E-state index in [1.54, 1.807) is 0 Å². The maximum absolute atomic E-state index is 12.7. The van der Waals surface area contributed by atoms with Gasteiger partial charge in [-0.05, 0) is 40.5 Å². The van der Waals surface area contributed by atoms with Gasteiger partial charge in [0.15, 0.2) is 5.17 Å². The number of carboxylic acids is 2. The maximum atomic E-state index is 12.7. The Morgan fingerprint density at radius 1 is 1.12 bits per heavy atom. The summed E-state index contributed by atoms with van der Waals surface area (Å²) in [6, 6.07) is -2.02. The molecule has 1 fully saturated rings. The van der Waals surface area contributed by atoms with Crippen LogP contribution in [-0.2, 0) is 33.5 Å². The predicted octanol–water partition coefficient (Wildman–Crippen LogP) is 0.523. The van der Waals surface area contributed by atoms with Crippen LogP contribution in [0, 0.1) is 0 Å². The van der Waals surface area contributed by atoms with Crippen molar-refractivity contribution < 1.29 is 43.7 Å². The number of nitrogens with zero attached hydrogens (tertiary/aromatic N) is 2. The zero-order valence-electron chi connectivity index (χ0n) is 23.6. The Morgan fingerprint density at radius 3 is 2.37 bits per heavy atom. The lowest BCUT2D eigenvalue weighted by atomic mass is 10.0. The molecule has 14 nitrogen and oxygen atoms in total. The number of hydrogen-bond donors (Lipinski definition) is 5. The number of hydrogen-bond acceptors (Lipinski definition) is 10. The van der Waals surface area contributed by atoms with Gasteiger partial charge in [0.2, 0.25) is 11.8 Å². The Bertz CT molecular complexity index is 1110. The Hall–Kier alpha value is -3.27. The van der Waals surface area contributed by atoms with E-state index >= 15 is 0 Å². The van der Waals surface area contributed by atoms with Crippen LogP contribution < -0.4 is 16.0 Å². The van der Waals surface area contributed by atoms with Gasteiger partial charge in [0, 0.05) is 36.8 Å². The Labute approximate surface area is 246 Å². The number of amides is 3. The fourth-order valence-corrected chi connectivity index (χ4v) is 6.20. The second kappa shape index (κ2) is 15.7. The number of esters is 1. The van der Waals surface area contributed by atoms with E-state index in [1.165, 1.54) is 30.4 Å². The molecule has 0 aliphatic carbocycles. The minimum Gasteiger partial charge on any atom is -0.480 e. The predicted molar refractivity (Wildman–Crippen MR) is 153 cm³/mol. The number of ether oxygens (including phenoxy) is 1. The first kappa shape index (κ1) is 33.9. The molecular weight excluding hydrogens is 578 g/mol. The number of fused-ring (bicyclic) bond motifs is 1. The van der Waals surface area contributed by atoms with Crippen molar-refractivity contribution in [3.05, 3.63) is 11.3 Å². The molecule has 1 unspecified atom stereocenters. The topological polar surface area (TPSA) is 204 Å². The summed E-state index contributed by atoms with van der Waals surface area (Å²) in [5.74, 6) is -4.59. The molecule has 0 bridgehead atoms. The highest BCUT2D eigenvalue weighted by molar-refractivity contribution is 8.14. The molecule has 2 aliphatic heterocycles. The van der Waals surface area contributed by atoms with Gasteiger partial charge in [0.1, 0.15) is 29.8 Å². The summed E-state index contributed by atoms with van der Waals surface area (Å²) in [5.41, 5.74) is 0.0261. The summed E-state index contributed by atoms with van der Waals surface area (Å²) in [5, 5.41) is 27.3. The molecule has 0 aromatic carbocycles. The molecule has 16 heteroatoms. The van der Waals surface area contributed by atoms with Crippen LogP contribution in [0.4, 0.5) is 0 Å². The minimum absolute atomic E-state index is 0.00926. The van der Waals surface area contributed by atoms with Crippen molar-refractivity contribution in [1.29, 1.82) is 0 Å². The van der Waals surface area contributed by atoms with Gasteiger partial charge in [0.25, 0.3) is 5.91 Å². The van der Waals surface area contributed by atoms with E-state index in [0.29, 0.717) is 5.17 Å². The summed E-state index contributed by atoms with van der Waals surface area (Å²) in [7, 11) is 0. The third-order valence-corrected chi connectivity index (χ3v) is 7.92. The standard InChI is InChI=1S/C25H37N5O9S2/c1-12(2)26-25(27-13(3)4)41-11-18(33)28-16(23(35)36)7-6-8-17(32)29-19-21(34)30-20(24(37)38)15(9-39-14(5)31)10-40-22(19)30/h12-13,16,19,22H,6-11H2,1-5H3,(H,26,27)(H,28,33)(H,29,32)(H,35,36)(H,37,38)/t16?,19-,22-/m1/s1. The van der Waals surface area contributed by atoms with E-state index in [9.17, 15) is 39.0 Å². The third kappa shape index (κ3) is 10.3. The smallest absolute Gasteiger partial charge is 0.352 e. The van der Waals surface area contributed by atoms with Crippen molar-refractivity contribution in [3.63, 3.8) is 0 Å². The number of nitrogens with one attached hydrogen (secondary N) is 3. The number of aliphatic carboxylic acids is 2. The summed E-state index contributed by atoms with van der Waals surface area (Å²) < 4.78 is 4.89. The molecule has 2 rings (SSSR count). The van der Waals surface area contributed by atoms with Gasteiger partial charge < -0.3 is 30.9 Å². The number of carboxylic acid groups (broad SMARTS) is 2. The van der Waals surface area contributed by atoms with Crippen molar-refractivity contribution >= 4 is 64.3 Å². The van der Waals surface area contributed by atoms with Gasteiger partial charge in [-0.25, -0.2) is 9.59 Å². The number of carbonyl (C=O) groups excluding carboxylic acids is 4. The van der Waals surface area contributed by atoms with Crippen LogP contribution in [-0.4, -0.2) is 104 Å². The Morgan fingerprint density at radius 2 is 1.80 bits per heavy atom. The maximum Gasteiger partial charge on any atom is 0.352 e. The van der Waals surface area contributed by atoms with Gasteiger partial charge >= 0.3 is 17.9 Å². The lowest BCUT2D eigenvalue weighted by Gasteiger charge is -2.49. The number of β-lactam (4-membered cyclic amide) rings is 1. The molecular formula is C25H37N5O9S2. The molecule has 2 heterocycles. The Balaban J connectivity index is 1.86. The second-order valence-corrected chi connectivity index (χ2v) is 12.0. The lowest BCUT2D eigenvalue weighted by Crippen LogP contribution is -2.70. The fraction of sp³-hybridized carbons (Fsp3) is 0.640. The normalized spacial score (nSPS) is 19.3. The highest BCUT2D eigenvalue weighted by Gasteiger charge is 2.54. The van der Waals surface area contributed by atoms with Crippen molar-refractivity contribution in [3.8, 4) is 0 Å². The van der Waals surface area contributed by atoms with Gasteiger partial charge in [-0.3, -0.25) is 29.1 Å². The average molecular weight is 616 g/mol. The van der Waals surface area contributed by atoms with Gasteiger partial charge in [-0.1, -0.05) is 11.8 Å². The first-order chi connectivity index (χ1) is 19.2. The van der Waals surface area contributed by atoms with Crippen LogP contribution in [0.25, 0.3) is 0 Å². The van der Waals surface area contributed by atoms with E-state index < -0.39 is 53.1 Å². The average Bonchev–Trinajstić information content (AvgIpc) is 2.87. The SMILES string of the molecule is CC(=O)OCC1=C(C(=O)O)N2C(=O)[C@@H](NC(=O)CCCC(NC(=O)CSC(=NC(C)C)NC(C)C)C(=O)O)[C@H]2SC1. The molecule has 0 aromatic rings. The van der Waals surface area contributed by atoms with Crippen LogP contribution in [0.15, 0.2) is 16.3 Å². The second-order valence-electron chi connectivity index (χ2n) is 9.96. The van der Waals surface area contributed by atoms with Crippen molar-refractivity contribution in [1.82, 2.24) is 20.9 Å². The molecule has 3 atom stereocenters. The van der Waals surface area contributed by atoms with Crippen LogP contribution >= 0.6 is 23.5 Å². The van der Waals surface area contributed by atoms with Crippen LogP contribution in [0.1, 0.15) is 53.9 Å². The largest absolute Gasteiger partial charge is 0.480 e. The molecule has 0 saturated carbocycles. The third-order valence-electron chi connectivity index (χ3n) is 5.67. The number of aliphatic imine (C=N–C) groups is 1. The molecule has 0 aromatic heterocycles. The van der Waals surface area contributed by atoms with Crippen molar-refractivity contribution in [2.75, 3.05) is 18.1 Å². The zero-order chi connectivity index (χ0) is 30.9. The number of carbonyl (C=O) groups is 6. The van der Waals surface area contributed by atoms with Gasteiger partial charge in [0.05, 0.1) is 5.75 Å². The molecule has 3 amide bonds. The highest BCUT2D eigenvalue weighted by Crippen LogP contribution is 2.40. The molecule has 228 valence electrons. The van der Waals surface area contributed by atoms with Crippen LogP contribution in [0.5, 0.6) is 0 Å². The Kier molecular flexibility index (Phi) is 13.0. The highest BCUT2D eigenvalue weighted by atomic mass is 32.2. The van der Waals surface area contributed by atoms with E-state index in [-0.39, 0.29) is 60.7 Å². The molecule has 1 saturated heterocycles. The van der Waals surface area contributed by atoms with Crippen molar-refractivity contribution in [2.45, 2.75) is 83.4 Å². The molecule has 0 spiro atoms. The molecule has 0 radical (unpaired) electrons. The summed E-state index contributed by atoms with van der Waals surface area (Å²) in [4.78, 5) is 77.7. The van der Waals surface area contributed by atoms with Crippen LogP contribution in [0.2, 0.25) is 0 Å². The van der Waals surface area contributed by atoms with Gasteiger partial charge in [-0.2, -0.15) is 0 Å². The van der Waals surface area contributed by atoms with E-state index in [2.05, 4.69) is 20.9 Å². The molecule has 5 N–H and O–H groups in total. The van der Waals surface area contributed by atoms with E-state index in [4.69, 9.17) is 4.74 Å². The number of rotatable bonds is 14. The zero-order valence-corrected chi connectivity index (χ0v) is 25.2. The van der Waals surface area contributed by atoms with Crippen molar-refractivity contribution in [2.24, 2.45) is 4.99 Å². The number of thioether (sulfide) groups is 2. The first-order valence-corrected chi connectivity index (χ1v) is 15.1. The monoisotopic (exact) mass is 615 g/mol. The summed E-state index contributed by atoms with van der Waals surface area (Å²) >= 11 is 2.41. The molecule has 41 heavy (non-hydrogen) atoms. The van der Waals surface area contributed by atoms with E-state index in [0.717, 1.165) is 4.90 Å². The number of amidine groups is 1. The quantitative estimate of drug-likeness (QED) is 0.0786. The van der Waals surface area contributed by atoms with E-state index in [1.807, 2.05) is 27.7 Å².